The minimum Gasteiger partial charge on any atom is -0.375 e. The maximum atomic E-state index is 12.7. The Morgan fingerprint density at radius 1 is 0.769 bits per heavy atom. The highest BCUT2D eigenvalue weighted by Gasteiger charge is 2.22. The van der Waals surface area contributed by atoms with E-state index in [9.17, 15) is 28.8 Å². The third-order valence-corrected chi connectivity index (χ3v) is 5.44. The Labute approximate surface area is 229 Å². The Bertz CT molecular complexity index is 971. The number of rotatable bonds is 18. The van der Waals surface area contributed by atoms with Gasteiger partial charge in [-0.05, 0) is 39.7 Å². The van der Waals surface area contributed by atoms with E-state index in [-0.39, 0.29) is 55.7 Å². The van der Waals surface area contributed by atoms with Gasteiger partial charge < -0.3 is 31.3 Å². The summed E-state index contributed by atoms with van der Waals surface area (Å²) >= 11 is 0. The first-order valence-corrected chi connectivity index (χ1v) is 13.1. The van der Waals surface area contributed by atoms with Gasteiger partial charge in [0, 0.05) is 25.8 Å². The van der Waals surface area contributed by atoms with E-state index in [4.69, 9.17) is 4.74 Å². The molecule has 0 aliphatic rings. The van der Waals surface area contributed by atoms with Crippen LogP contribution < -0.4 is 26.6 Å². The van der Waals surface area contributed by atoms with Crippen LogP contribution in [0.25, 0.3) is 0 Å². The lowest BCUT2D eigenvalue weighted by molar-refractivity contribution is -0.131. The van der Waals surface area contributed by atoms with E-state index in [1.165, 1.54) is 6.92 Å². The molecule has 39 heavy (non-hydrogen) atoms. The summed E-state index contributed by atoms with van der Waals surface area (Å²) in [5.74, 6) is -2.39. The molecule has 5 amide bonds. The number of amides is 5. The molecule has 0 fully saturated rings. The molecule has 0 saturated carbocycles. The lowest BCUT2D eigenvalue weighted by atomic mass is 10.1. The SMILES string of the molecule is CCNC(=O)CNC(=O)[C@H](Cc1ccccc1)NC(=O)CNC(=O)CNC(=O)CCC(C)OC(C)CC(C)=O. The number of ketones is 1. The van der Waals surface area contributed by atoms with Crippen LogP contribution in [0.2, 0.25) is 0 Å². The van der Waals surface area contributed by atoms with Gasteiger partial charge in [0.15, 0.2) is 0 Å². The first-order valence-electron chi connectivity index (χ1n) is 13.1. The second kappa shape index (κ2) is 18.5. The molecule has 0 aliphatic heterocycles. The molecular weight excluding hydrogens is 506 g/mol. The van der Waals surface area contributed by atoms with Gasteiger partial charge in [-0.2, -0.15) is 0 Å². The van der Waals surface area contributed by atoms with Gasteiger partial charge in [0.25, 0.3) is 0 Å². The molecule has 12 heteroatoms. The summed E-state index contributed by atoms with van der Waals surface area (Å²) in [5, 5.41) is 12.5. The molecule has 216 valence electrons. The molecule has 1 aromatic carbocycles. The lowest BCUT2D eigenvalue weighted by Gasteiger charge is -2.19. The molecule has 1 aromatic rings. The van der Waals surface area contributed by atoms with Crippen molar-refractivity contribution in [3.8, 4) is 0 Å². The van der Waals surface area contributed by atoms with Gasteiger partial charge in [0.05, 0.1) is 31.8 Å². The zero-order valence-electron chi connectivity index (χ0n) is 23.1. The predicted octanol–water partition coefficient (Wildman–Crippen LogP) is -0.248. The molecule has 0 saturated heterocycles. The Morgan fingerprint density at radius 2 is 1.36 bits per heavy atom. The van der Waals surface area contributed by atoms with Gasteiger partial charge in [-0.25, -0.2) is 0 Å². The Kier molecular flexibility index (Phi) is 15.7. The van der Waals surface area contributed by atoms with E-state index in [0.29, 0.717) is 19.4 Å². The average molecular weight is 548 g/mol. The third-order valence-electron chi connectivity index (χ3n) is 5.44. The molecular formula is C27H41N5O7. The molecule has 0 aromatic heterocycles. The molecule has 0 heterocycles. The van der Waals surface area contributed by atoms with Gasteiger partial charge in [-0.15, -0.1) is 0 Å². The molecule has 0 bridgehead atoms. The molecule has 1 rings (SSSR count). The minimum atomic E-state index is -0.965. The lowest BCUT2D eigenvalue weighted by Crippen LogP contribution is -2.52. The number of hydrogen-bond donors (Lipinski definition) is 5. The number of carbonyl (C=O) groups is 6. The van der Waals surface area contributed by atoms with E-state index >= 15 is 0 Å². The van der Waals surface area contributed by atoms with Gasteiger partial charge in [-0.1, -0.05) is 30.3 Å². The number of likely N-dealkylation sites (N-methyl/N-ethyl adjacent to an activating group) is 1. The molecule has 0 aliphatic carbocycles. The zero-order chi connectivity index (χ0) is 29.2. The van der Waals surface area contributed by atoms with Crippen molar-refractivity contribution in [2.75, 3.05) is 26.2 Å². The van der Waals surface area contributed by atoms with Crippen LogP contribution in [0.3, 0.4) is 0 Å². The number of benzene rings is 1. The van der Waals surface area contributed by atoms with Gasteiger partial charge >= 0.3 is 0 Å². The van der Waals surface area contributed by atoms with Crippen molar-refractivity contribution in [3.63, 3.8) is 0 Å². The van der Waals surface area contributed by atoms with Crippen LogP contribution in [0, 0.1) is 0 Å². The summed E-state index contributed by atoms with van der Waals surface area (Å²) in [4.78, 5) is 72.1. The summed E-state index contributed by atoms with van der Waals surface area (Å²) in [5.41, 5.74) is 0.802. The standard InChI is InChI=1S/C27H41N5O7/c1-5-28-24(35)16-31-27(38)22(14-21-9-7-6-8-10-21)32-26(37)17-30-25(36)15-29-23(34)12-11-19(3)39-20(4)13-18(2)33/h6-10,19-20,22H,5,11-17H2,1-4H3,(H,28,35)(H,29,34)(H,30,36)(H,31,38)(H,32,37)/t19?,20?,22-/m0/s1. The molecule has 3 atom stereocenters. The van der Waals surface area contributed by atoms with Gasteiger partial charge in [0.1, 0.15) is 11.8 Å². The van der Waals surface area contributed by atoms with E-state index in [2.05, 4.69) is 26.6 Å². The summed E-state index contributed by atoms with van der Waals surface area (Å²) in [6.45, 7) is 6.32. The van der Waals surface area contributed by atoms with Gasteiger partial charge in [-0.3, -0.25) is 28.8 Å². The van der Waals surface area contributed by atoms with Crippen LogP contribution in [0.5, 0.6) is 0 Å². The number of nitrogens with one attached hydrogen (secondary N) is 5. The first-order chi connectivity index (χ1) is 18.5. The van der Waals surface area contributed by atoms with Crippen molar-refractivity contribution in [1.29, 1.82) is 0 Å². The zero-order valence-corrected chi connectivity index (χ0v) is 23.1. The quantitative estimate of drug-likeness (QED) is 0.169. The fraction of sp³-hybridized carbons (Fsp3) is 0.556. The molecule has 0 spiro atoms. The van der Waals surface area contributed by atoms with Gasteiger partial charge in [0.2, 0.25) is 29.5 Å². The smallest absolute Gasteiger partial charge is 0.243 e. The minimum absolute atomic E-state index is 0.0265. The van der Waals surface area contributed by atoms with Crippen molar-refractivity contribution < 1.29 is 33.5 Å². The monoisotopic (exact) mass is 547 g/mol. The molecule has 5 N–H and O–H groups in total. The van der Waals surface area contributed by atoms with Crippen LogP contribution in [0.1, 0.15) is 52.5 Å². The predicted molar refractivity (Wildman–Crippen MR) is 144 cm³/mol. The largest absolute Gasteiger partial charge is 0.375 e. The molecule has 0 radical (unpaired) electrons. The van der Waals surface area contributed by atoms with Crippen molar-refractivity contribution >= 4 is 35.3 Å². The normalized spacial score (nSPS) is 12.8. The van der Waals surface area contributed by atoms with E-state index in [0.717, 1.165) is 5.56 Å². The van der Waals surface area contributed by atoms with Crippen molar-refractivity contribution in [2.45, 2.75) is 71.6 Å². The molecule has 2 unspecified atom stereocenters. The summed E-state index contributed by atoms with van der Waals surface area (Å²) < 4.78 is 5.65. The first kappa shape index (κ1) is 33.2. The van der Waals surface area contributed by atoms with Crippen LogP contribution >= 0.6 is 0 Å². The second-order valence-electron chi connectivity index (χ2n) is 9.24. The highest BCUT2D eigenvalue weighted by Crippen LogP contribution is 2.08. The Hall–Kier alpha value is -3.80. The van der Waals surface area contributed by atoms with E-state index in [1.807, 2.05) is 6.07 Å². The van der Waals surface area contributed by atoms with Crippen molar-refractivity contribution in [3.05, 3.63) is 35.9 Å². The second-order valence-corrected chi connectivity index (χ2v) is 9.24. The molecule has 12 nitrogen and oxygen atoms in total. The number of Topliss-reactive ketones (excluding diaryl/α,β-unsaturated/α-hetero) is 1. The number of carbonyl (C=O) groups excluding carboxylic acids is 6. The highest BCUT2D eigenvalue weighted by molar-refractivity contribution is 5.92. The summed E-state index contributed by atoms with van der Waals surface area (Å²) in [6, 6.07) is 8.08. The van der Waals surface area contributed by atoms with Crippen molar-refractivity contribution in [2.24, 2.45) is 0 Å². The fourth-order valence-corrected chi connectivity index (χ4v) is 3.62. The van der Waals surface area contributed by atoms with E-state index in [1.54, 1.807) is 45.0 Å². The number of ether oxygens (including phenoxy) is 1. The summed E-state index contributed by atoms with van der Waals surface area (Å²) in [6.07, 6.45) is 0.573. The maximum absolute atomic E-state index is 12.7. The average Bonchev–Trinajstić information content (AvgIpc) is 2.88. The summed E-state index contributed by atoms with van der Waals surface area (Å²) in [7, 11) is 0. The maximum Gasteiger partial charge on any atom is 0.243 e. The van der Waals surface area contributed by atoms with E-state index < -0.39 is 30.3 Å². The highest BCUT2D eigenvalue weighted by atomic mass is 16.5. The Balaban J connectivity index is 2.46. The van der Waals surface area contributed by atoms with Crippen LogP contribution in [-0.4, -0.2) is 79.7 Å². The Morgan fingerprint density at radius 3 is 2.00 bits per heavy atom. The van der Waals surface area contributed by atoms with Crippen LogP contribution in [0.4, 0.5) is 0 Å². The van der Waals surface area contributed by atoms with Crippen LogP contribution in [-0.2, 0) is 39.9 Å². The number of hydrogen-bond acceptors (Lipinski definition) is 7. The topological polar surface area (TPSA) is 172 Å². The third kappa shape index (κ3) is 15.9. The van der Waals surface area contributed by atoms with Crippen LogP contribution in [0.15, 0.2) is 30.3 Å². The van der Waals surface area contributed by atoms with Crippen molar-refractivity contribution in [1.82, 2.24) is 26.6 Å². The fourth-order valence-electron chi connectivity index (χ4n) is 3.62.